The van der Waals surface area contributed by atoms with Crippen LogP contribution in [0.3, 0.4) is 0 Å². The molecule has 0 N–H and O–H groups in total. The summed E-state index contributed by atoms with van der Waals surface area (Å²) in [6.07, 6.45) is 1.26. The molecule has 0 amide bonds. The fraction of sp³-hybridized carbons (Fsp3) is 0.407. The topological polar surface area (TPSA) is 103 Å². The molecule has 0 saturated carbocycles. The summed E-state index contributed by atoms with van der Waals surface area (Å²) in [5, 5.41) is 3.48. The van der Waals surface area contributed by atoms with Gasteiger partial charge in [0, 0.05) is 38.3 Å². The number of piperazine rings is 1. The Labute approximate surface area is 239 Å². The highest BCUT2D eigenvalue weighted by atomic mass is 32.2. The molecule has 2 aromatic carbocycles. The van der Waals surface area contributed by atoms with E-state index in [1.807, 2.05) is 0 Å². The zero-order chi connectivity index (χ0) is 30.2. The molecule has 0 spiro atoms. The van der Waals surface area contributed by atoms with Gasteiger partial charge in [-0.25, -0.2) is 26.0 Å². The molecule has 3 aromatic rings. The van der Waals surface area contributed by atoms with E-state index in [0.29, 0.717) is 12.1 Å². The third-order valence-electron chi connectivity index (χ3n) is 7.04. The highest BCUT2D eigenvalue weighted by molar-refractivity contribution is 7.89. The van der Waals surface area contributed by atoms with Crippen molar-refractivity contribution in [2.75, 3.05) is 50.9 Å². The Morgan fingerprint density at radius 2 is 1.60 bits per heavy atom. The van der Waals surface area contributed by atoms with E-state index in [1.165, 1.54) is 10.5 Å². The molecule has 1 aromatic heterocycles. The van der Waals surface area contributed by atoms with Crippen LogP contribution in [0, 0.1) is 23.3 Å². The largest absolute Gasteiger partial charge is 0.480 e. The summed E-state index contributed by atoms with van der Waals surface area (Å²) in [7, 11) is -3.51. The van der Waals surface area contributed by atoms with E-state index in [2.05, 4.69) is 5.10 Å². The smallest absolute Gasteiger partial charge is 0.316 e. The summed E-state index contributed by atoms with van der Waals surface area (Å²) in [6, 6.07) is 5.30. The molecule has 0 atom stereocenters. The van der Waals surface area contributed by atoms with E-state index < -0.39 is 56.5 Å². The van der Waals surface area contributed by atoms with Crippen molar-refractivity contribution < 1.29 is 40.2 Å². The maximum Gasteiger partial charge on any atom is 0.316 e. The van der Waals surface area contributed by atoms with Gasteiger partial charge in [0.1, 0.15) is 35.6 Å². The third kappa shape index (κ3) is 5.73. The number of hydrogen-bond acceptors (Lipinski definition) is 8. The van der Waals surface area contributed by atoms with Gasteiger partial charge in [-0.3, -0.25) is 4.79 Å². The van der Waals surface area contributed by atoms with Crippen LogP contribution in [0.4, 0.5) is 23.2 Å². The molecule has 2 aliphatic rings. The minimum absolute atomic E-state index is 0.0580. The highest BCUT2D eigenvalue weighted by Crippen LogP contribution is 2.36. The number of nitrogens with zero attached hydrogens (tertiary/aromatic N) is 4. The Hall–Kier alpha value is -3.53. The van der Waals surface area contributed by atoms with Crippen molar-refractivity contribution >= 4 is 15.7 Å². The van der Waals surface area contributed by atoms with Gasteiger partial charge >= 0.3 is 5.56 Å². The van der Waals surface area contributed by atoms with Crippen LogP contribution in [0.5, 0.6) is 5.75 Å². The molecule has 0 radical (unpaired) electrons. The number of halogens is 4. The van der Waals surface area contributed by atoms with Gasteiger partial charge in [-0.1, -0.05) is 0 Å². The molecule has 226 valence electrons. The minimum Gasteiger partial charge on any atom is -0.480 e. The molecule has 0 bridgehead atoms. The molecule has 2 saturated heterocycles. The van der Waals surface area contributed by atoms with E-state index >= 15 is 0 Å². The first-order chi connectivity index (χ1) is 19.9. The van der Waals surface area contributed by atoms with Gasteiger partial charge in [0.05, 0.1) is 35.9 Å². The molecule has 42 heavy (non-hydrogen) atoms. The molecule has 5 rings (SSSR count). The Morgan fingerprint density at radius 1 is 0.952 bits per heavy atom. The number of aromatic nitrogens is 2. The molecular weight excluding hydrogens is 584 g/mol. The van der Waals surface area contributed by atoms with Crippen LogP contribution in [-0.4, -0.2) is 73.8 Å². The first-order valence-corrected chi connectivity index (χ1v) is 14.6. The van der Waals surface area contributed by atoms with Crippen molar-refractivity contribution in [2.24, 2.45) is 0 Å². The number of sulfonamides is 1. The highest BCUT2D eigenvalue weighted by Gasteiger charge is 2.43. The number of ether oxygens (including phenoxy) is 3. The lowest BCUT2D eigenvalue weighted by Gasteiger charge is -2.36. The maximum absolute atomic E-state index is 14.8. The van der Waals surface area contributed by atoms with Crippen molar-refractivity contribution in [3.8, 4) is 11.4 Å². The van der Waals surface area contributed by atoms with Gasteiger partial charge in [-0.15, -0.1) is 0 Å². The molecule has 2 aliphatic heterocycles. The number of benzene rings is 2. The lowest BCUT2D eigenvalue weighted by atomic mass is 10.1. The number of rotatable bonds is 8. The Morgan fingerprint density at radius 3 is 2.19 bits per heavy atom. The monoisotopic (exact) mass is 612 g/mol. The summed E-state index contributed by atoms with van der Waals surface area (Å²) >= 11 is 0. The first-order valence-electron chi connectivity index (χ1n) is 13.1. The summed E-state index contributed by atoms with van der Waals surface area (Å²) in [6.45, 7) is 3.31. The second-order valence-electron chi connectivity index (χ2n) is 10.0. The standard InChI is InChI=1S/C27H28F4N4O6S/c1-17(2)42(37,38)34-7-5-33(6-8-34)24-15-32-35(21-12-19(29)11-20(30)13-21)26(36)25(24)39-16-27(40-9-10-41-27)22-4-3-18(28)14-23(22)31/h3-4,11-15,17H,5-10,16H2,1-2H3. The Kier molecular flexibility index (Phi) is 8.29. The lowest BCUT2D eigenvalue weighted by Crippen LogP contribution is -2.50. The van der Waals surface area contributed by atoms with Gasteiger partial charge in [0.15, 0.2) is 0 Å². The van der Waals surface area contributed by atoms with Crippen molar-refractivity contribution in [3.63, 3.8) is 0 Å². The fourth-order valence-electron chi connectivity index (χ4n) is 4.85. The predicted molar refractivity (Wildman–Crippen MR) is 143 cm³/mol. The average molecular weight is 613 g/mol. The van der Waals surface area contributed by atoms with Crippen LogP contribution < -0.4 is 15.2 Å². The van der Waals surface area contributed by atoms with E-state index in [1.54, 1.807) is 18.7 Å². The van der Waals surface area contributed by atoms with E-state index in [9.17, 15) is 30.8 Å². The molecule has 0 aliphatic carbocycles. The van der Waals surface area contributed by atoms with Gasteiger partial charge < -0.3 is 19.1 Å². The summed E-state index contributed by atoms with van der Waals surface area (Å²) < 4.78 is 101. The SMILES string of the molecule is CC(C)S(=O)(=O)N1CCN(c2cnn(-c3cc(F)cc(F)c3)c(=O)c2OCC2(c3ccc(F)cc3F)OCCO2)CC1. The van der Waals surface area contributed by atoms with Crippen LogP contribution in [0.25, 0.3) is 5.69 Å². The summed E-state index contributed by atoms with van der Waals surface area (Å²) in [5.41, 5.74) is -1.10. The summed E-state index contributed by atoms with van der Waals surface area (Å²) in [5.74, 6) is -5.80. The van der Waals surface area contributed by atoms with Crippen LogP contribution in [0.1, 0.15) is 19.4 Å². The van der Waals surface area contributed by atoms with Crippen molar-refractivity contribution in [1.29, 1.82) is 0 Å². The quantitative estimate of drug-likeness (QED) is 0.358. The first kappa shape index (κ1) is 29.9. The van der Waals surface area contributed by atoms with Crippen LogP contribution in [0.15, 0.2) is 47.4 Å². The molecule has 10 nitrogen and oxygen atoms in total. The normalized spacial score (nSPS) is 17.6. The van der Waals surface area contributed by atoms with Crippen LogP contribution in [-0.2, 0) is 25.3 Å². The van der Waals surface area contributed by atoms with Crippen molar-refractivity contribution in [3.05, 3.63) is 81.8 Å². The molecular formula is C27H28F4N4O6S. The van der Waals surface area contributed by atoms with Gasteiger partial charge in [-0.2, -0.15) is 14.1 Å². The Bertz CT molecular complexity index is 1620. The second kappa shape index (κ2) is 11.6. The molecule has 3 heterocycles. The minimum atomic E-state index is -3.51. The van der Waals surface area contributed by atoms with Crippen LogP contribution in [0.2, 0.25) is 0 Å². The lowest BCUT2D eigenvalue weighted by molar-refractivity contribution is -0.187. The molecule has 2 fully saturated rings. The fourth-order valence-corrected chi connectivity index (χ4v) is 6.12. The van der Waals surface area contributed by atoms with Crippen molar-refractivity contribution in [1.82, 2.24) is 14.1 Å². The second-order valence-corrected chi connectivity index (χ2v) is 12.5. The number of anilines is 1. The van der Waals surface area contributed by atoms with E-state index in [0.717, 1.165) is 28.9 Å². The van der Waals surface area contributed by atoms with E-state index in [-0.39, 0.29) is 62.1 Å². The maximum atomic E-state index is 14.8. The zero-order valence-corrected chi connectivity index (χ0v) is 23.5. The van der Waals surface area contributed by atoms with Crippen molar-refractivity contribution in [2.45, 2.75) is 24.9 Å². The Balaban J connectivity index is 1.53. The van der Waals surface area contributed by atoms with E-state index in [4.69, 9.17) is 14.2 Å². The zero-order valence-electron chi connectivity index (χ0n) is 22.7. The van der Waals surface area contributed by atoms with Gasteiger partial charge in [-0.05, 0) is 38.1 Å². The van der Waals surface area contributed by atoms with Crippen LogP contribution >= 0.6 is 0 Å². The number of hydrogen-bond donors (Lipinski definition) is 0. The van der Waals surface area contributed by atoms with Gasteiger partial charge in [0.25, 0.3) is 0 Å². The summed E-state index contributed by atoms with van der Waals surface area (Å²) in [4.78, 5) is 15.4. The predicted octanol–water partition coefficient (Wildman–Crippen LogP) is 2.93. The molecule has 15 heteroatoms. The molecule has 0 unspecified atom stereocenters. The van der Waals surface area contributed by atoms with Gasteiger partial charge in [0.2, 0.25) is 21.6 Å². The average Bonchev–Trinajstić information content (AvgIpc) is 3.41. The third-order valence-corrected chi connectivity index (χ3v) is 9.32.